The summed E-state index contributed by atoms with van der Waals surface area (Å²) in [4.78, 5) is 23.4. The van der Waals surface area contributed by atoms with E-state index in [9.17, 15) is 22.8 Å². The fourth-order valence-corrected chi connectivity index (χ4v) is 2.62. The second kappa shape index (κ2) is 11.6. The lowest BCUT2D eigenvalue weighted by molar-refractivity contribution is -0.123. The number of primary amides is 1. The summed E-state index contributed by atoms with van der Waals surface area (Å²) in [6, 6.07) is 13.8. The number of nitrogens with two attached hydrogens (primary N) is 2. The van der Waals surface area contributed by atoms with Gasteiger partial charge in [-0.15, -0.1) is 0 Å². The van der Waals surface area contributed by atoms with Crippen molar-refractivity contribution in [2.75, 3.05) is 18.5 Å². The Hall–Kier alpha value is -3.73. The second-order valence-corrected chi connectivity index (χ2v) is 6.66. The minimum Gasteiger partial charge on any atom is -0.491 e. The number of hydrogen-bond donors (Lipinski definition) is 5. The SMILES string of the molecule is NN/C(=C\Nc1ccc(C(=O)NCC(F)(F)F)cc1OCCCc1ccccc1)C(N)=O. The molecule has 2 rings (SSSR count). The molecule has 0 spiro atoms. The summed E-state index contributed by atoms with van der Waals surface area (Å²) in [6.07, 6.45) is -1.92. The third kappa shape index (κ3) is 8.19. The van der Waals surface area contributed by atoms with Crippen LogP contribution in [0.3, 0.4) is 0 Å². The van der Waals surface area contributed by atoms with Gasteiger partial charge in [0, 0.05) is 11.8 Å². The molecular weight excluding hydrogens is 427 g/mol. The number of halogens is 3. The largest absolute Gasteiger partial charge is 0.491 e. The highest BCUT2D eigenvalue weighted by atomic mass is 19.4. The summed E-state index contributed by atoms with van der Waals surface area (Å²) in [5, 5.41) is 4.59. The predicted octanol–water partition coefficient (Wildman–Crippen LogP) is 2.19. The summed E-state index contributed by atoms with van der Waals surface area (Å²) in [5.41, 5.74) is 8.64. The highest BCUT2D eigenvalue weighted by molar-refractivity contribution is 5.95. The number of amides is 2. The molecule has 11 heteroatoms. The molecule has 0 aliphatic rings. The maximum Gasteiger partial charge on any atom is 0.405 e. The Morgan fingerprint density at radius 3 is 2.44 bits per heavy atom. The molecule has 0 aromatic heterocycles. The van der Waals surface area contributed by atoms with Gasteiger partial charge in [-0.05, 0) is 36.6 Å². The van der Waals surface area contributed by atoms with Gasteiger partial charge >= 0.3 is 6.18 Å². The Morgan fingerprint density at radius 2 is 1.81 bits per heavy atom. The maximum atomic E-state index is 12.4. The molecule has 0 atom stereocenters. The number of carbonyl (C=O) groups excluding carboxylic acids is 2. The first-order valence-electron chi connectivity index (χ1n) is 9.58. The molecule has 0 saturated heterocycles. The molecule has 7 N–H and O–H groups in total. The van der Waals surface area contributed by atoms with E-state index in [4.69, 9.17) is 16.3 Å². The number of nitrogens with one attached hydrogen (secondary N) is 3. The number of ether oxygens (including phenoxy) is 1. The summed E-state index contributed by atoms with van der Waals surface area (Å²) in [7, 11) is 0. The molecule has 0 aliphatic heterocycles. The average Bonchev–Trinajstić information content (AvgIpc) is 2.76. The second-order valence-electron chi connectivity index (χ2n) is 6.66. The van der Waals surface area contributed by atoms with Crippen LogP contribution in [0.25, 0.3) is 0 Å². The molecule has 8 nitrogen and oxygen atoms in total. The van der Waals surface area contributed by atoms with Crippen molar-refractivity contribution in [3.8, 4) is 5.75 Å². The van der Waals surface area contributed by atoms with Crippen LogP contribution in [-0.4, -0.2) is 31.1 Å². The Bertz CT molecular complexity index is 949. The van der Waals surface area contributed by atoms with Crippen molar-refractivity contribution in [3.05, 3.63) is 71.6 Å². The molecular formula is C21H24F3N5O3. The van der Waals surface area contributed by atoms with Crippen LogP contribution in [0.2, 0.25) is 0 Å². The Kier molecular flexibility index (Phi) is 8.90. The van der Waals surface area contributed by atoms with E-state index in [1.54, 1.807) is 0 Å². The zero-order chi connectivity index (χ0) is 23.6. The highest BCUT2D eigenvalue weighted by Gasteiger charge is 2.28. The van der Waals surface area contributed by atoms with E-state index in [-0.39, 0.29) is 23.6 Å². The van der Waals surface area contributed by atoms with E-state index in [1.165, 1.54) is 24.4 Å². The van der Waals surface area contributed by atoms with Gasteiger partial charge in [0.25, 0.3) is 11.8 Å². The molecule has 0 fully saturated rings. The Labute approximate surface area is 182 Å². The smallest absolute Gasteiger partial charge is 0.405 e. The monoisotopic (exact) mass is 451 g/mol. The molecule has 2 aromatic carbocycles. The number of hydrogen-bond acceptors (Lipinski definition) is 6. The third-order valence-corrected chi connectivity index (χ3v) is 4.20. The highest BCUT2D eigenvalue weighted by Crippen LogP contribution is 2.27. The van der Waals surface area contributed by atoms with Crippen molar-refractivity contribution in [3.63, 3.8) is 0 Å². The lowest BCUT2D eigenvalue weighted by Gasteiger charge is -2.14. The molecule has 0 bridgehead atoms. The quantitative estimate of drug-likeness (QED) is 0.154. The first kappa shape index (κ1) is 24.5. The van der Waals surface area contributed by atoms with Crippen molar-refractivity contribution in [2.45, 2.75) is 19.0 Å². The number of hydrazine groups is 1. The number of aryl methyl sites for hydroxylation is 1. The summed E-state index contributed by atoms with van der Waals surface area (Å²) in [6.45, 7) is -1.18. The van der Waals surface area contributed by atoms with Gasteiger partial charge in [-0.2, -0.15) is 13.2 Å². The van der Waals surface area contributed by atoms with Gasteiger partial charge in [-0.25, -0.2) is 0 Å². The first-order valence-corrected chi connectivity index (χ1v) is 9.58. The molecule has 0 radical (unpaired) electrons. The van der Waals surface area contributed by atoms with E-state index < -0.39 is 24.5 Å². The number of carbonyl (C=O) groups is 2. The molecule has 172 valence electrons. The molecule has 2 amide bonds. The molecule has 2 aromatic rings. The van der Waals surface area contributed by atoms with Crippen LogP contribution in [0.1, 0.15) is 22.3 Å². The van der Waals surface area contributed by atoms with Gasteiger partial charge in [-0.1, -0.05) is 30.3 Å². The van der Waals surface area contributed by atoms with Gasteiger partial charge in [0.1, 0.15) is 18.0 Å². The molecule has 32 heavy (non-hydrogen) atoms. The summed E-state index contributed by atoms with van der Waals surface area (Å²) < 4.78 is 42.9. The van der Waals surface area contributed by atoms with E-state index in [0.717, 1.165) is 12.0 Å². The minimum absolute atomic E-state index is 0.0195. The van der Waals surface area contributed by atoms with E-state index in [2.05, 4.69) is 10.7 Å². The predicted molar refractivity (Wildman–Crippen MR) is 113 cm³/mol. The van der Waals surface area contributed by atoms with E-state index >= 15 is 0 Å². The normalized spacial score (nSPS) is 11.6. The summed E-state index contributed by atoms with van der Waals surface area (Å²) >= 11 is 0. The van der Waals surface area contributed by atoms with Gasteiger partial charge in [0.2, 0.25) is 0 Å². The number of anilines is 1. The fourth-order valence-electron chi connectivity index (χ4n) is 2.62. The average molecular weight is 451 g/mol. The number of alkyl halides is 3. The molecule has 0 saturated carbocycles. The van der Waals surface area contributed by atoms with Crippen LogP contribution >= 0.6 is 0 Å². The van der Waals surface area contributed by atoms with Crippen molar-refractivity contribution < 1.29 is 27.5 Å². The maximum absolute atomic E-state index is 12.4. The van der Waals surface area contributed by atoms with Gasteiger partial charge in [0.15, 0.2) is 0 Å². The van der Waals surface area contributed by atoms with Crippen LogP contribution in [0, 0.1) is 0 Å². The standard InChI is InChI=1S/C21H24F3N5O3/c22-21(23,24)13-28-20(31)15-8-9-16(27-12-17(29-26)19(25)30)18(11-15)32-10-4-7-14-5-2-1-3-6-14/h1-3,5-6,8-9,11-12,27,29H,4,7,10,13,26H2,(H2,25,30)(H,28,31)/b17-12-. The van der Waals surface area contributed by atoms with Gasteiger partial charge in [0.05, 0.1) is 12.3 Å². The van der Waals surface area contributed by atoms with Crippen LogP contribution in [-0.2, 0) is 11.2 Å². The van der Waals surface area contributed by atoms with Gasteiger partial charge < -0.3 is 26.5 Å². The zero-order valence-corrected chi connectivity index (χ0v) is 17.0. The van der Waals surface area contributed by atoms with Crippen molar-refractivity contribution >= 4 is 17.5 Å². The van der Waals surface area contributed by atoms with Crippen molar-refractivity contribution in [1.29, 1.82) is 0 Å². The van der Waals surface area contributed by atoms with Crippen LogP contribution in [0.5, 0.6) is 5.75 Å². The first-order chi connectivity index (χ1) is 15.2. The Balaban J connectivity index is 2.14. The fraction of sp³-hybridized carbons (Fsp3) is 0.238. The summed E-state index contributed by atoms with van der Waals surface area (Å²) in [5.74, 6) is 3.72. The number of rotatable bonds is 11. The Morgan fingerprint density at radius 1 is 1.09 bits per heavy atom. The van der Waals surface area contributed by atoms with Crippen LogP contribution in [0.15, 0.2) is 60.4 Å². The minimum atomic E-state index is -4.53. The zero-order valence-electron chi connectivity index (χ0n) is 17.0. The lowest BCUT2D eigenvalue weighted by atomic mass is 10.1. The molecule has 0 aliphatic carbocycles. The lowest BCUT2D eigenvalue weighted by Crippen LogP contribution is -2.33. The van der Waals surface area contributed by atoms with Crippen molar-refractivity contribution in [1.82, 2.24) is 10.7 Å². The van der Waals surface area contributed by atoms with Gasteiger partial charge in [-0.3, -0.25) is 15.4 Å². The van der Waals surface area contributed by atoms with Crippen LogP contribution in [0.4, 0.5) is 18.9 Å². The van der Waals surface area contributed by atoms with Crippen LogP contribution < -0.4 is 32.4 Å². The number of benzene rings is 2. The van der Waals surface area contributed by atoms with E-state index in [1.807, 2.05) is 35.6 Å². The van der Waals surface area contributed by atoms with E-state index in [0.29, 0.717) is 12.1 Å². The molecule has 0 heterocycles. The third-order valence-electron chi connectivity index (χ3n) is 4.20. The molecule has 0 unspecified atom stereocenters. The van der Waals surface area contributed by atoms with Crippen molar-refractivity contribution in [2.24, 2.45) is 11.6 Å². The topological polar surface area (TPSA) is 132 Å².